The molecule has 0 atom stereocenters. The fraction of sp³-hybridized carbons (Fsp3) is 0. The molecule has 0 heterocycles. The van der Waals surface area contributed by atoms with Gasteiger partial charge in [0.25, 0.3) is 0 Å². The first-order valence-electron chi connectivity index (χ1n) is 5.54. The van der Waals surface area contributed by atoms with Gasteiger partial charge in [-0.15, -0.1) is 0 Å². The molecule has 19 heavy (non-hydrogen) atoms. The SMILES string of the molecule is Nc1ccc(C(=O)OC(=O)c2ccc(N)cc2)cc1. The smallest absolute Gasteiger partial charge is 0.346 e. The molecule has 0 saturated carbocycles. The van der Waals surface area contributed by atoms with Crippen LogP contribution in [0.15, 0.2) is 48.5 Å². The van der Waals surface area contributed by atoms with Crippen molar-refractivity contribution >= 4 is 23.3 Å². The number of rotatable bonds is 2. The first-order valence-corrected chi connectivity index (χ1v) is 5.54. The quantitative estimate of drug-likeness (QED) is 0.485. The number of hydrogen-bond donors (Lipinski definition) is 2. The highest BCUT2D eigenvalue weighted by Gasteiger charge is 2.14. The Kier molecular flexibility index (Phi) is 3.47. The molecule has 5 heteroatoms. The van der Waals surface area contributed by atoms with Crippen molar-refractivity contribution in [3.63, 3.8) is 0 Å². The normalized spacial score (nSPS) is 9.89. The number of nitrogens with two attached hydrogens (primary N) is 2. The maximum Gasteiger partial charge on any atom is 0.346 e. The van der Waals surface area contributed by atoms with Gasteiger partial charge in [-0.05, 0) is 48.5 Å². The van der Waals surface area contributed by atoms with Gasteiger partial charge in [-0.1, -0.05) is 0 Å². The zero-order valence-corrected chi connectivity index (χ0v) is 10.00. The van der Waals surface area contributed by atoms with Crippen LogP contribution in [0, 0.1) is 0 Å². The summed E-state index contributed by atoms with van der Waals surface area (Å²) in [4.78, 5) is 23.4. The molecule has 2 aromatic carbocycles. The zero-order chi connectivity index (χ0) is 13.8. The van der Waals surface area contributed by atoms with Crippen molar-refractivity contribution in [2.45, 2.75) is 0 Å². The highest BCUT2D eigenvalue weighted by Crippen LogP contribution is 2.10. The minimum Gasteiger partial charge on any atom is -0.399 e. The van der Waals surface area contributed by atoms with Crippen LogP contribution in [0.2, 0.25) is 0 Å². The van der Waals surface area contributed by atoms with E-state index in [0.717, 1.165) is 0 Å². The van der Waals surface area contributed by atoms with Crippen molar-refractivity contribution in [1.82, 2.24) is 0 Å². The molecule has 0 aliphatic heterocycles. The van der Waals surface area contributed by atoms with Gasteiger partial charge in [0.15, 0.2) is 0 Å². The third-order valence-corrected chi connectivity index (χ3v) is 2.48. The Bertz CT molecular complexity index is 548. The van der Waals surface area contributed by atoms with Crippen molar-refractivity contribution in [1.29, 1.82) is 0 Å². The molecule has 0 unspecified atom stereocenters. The van der Waals surface area contributed by atoms with Gasteiger partial charge < -0.3 is 16.2 Å². The Labute approximate surface area is 109 Å². The Morgan fingerprint density at radius 2 is 1.00 bits per heavy atom. The molecule has 0 bridgehead atoms. The summed E-state index contributed by atoms with van der Waals surface area (Å²) in [5.74, 6) is -1.44. The van der Waals surface area contributed by atoms with Gasteiger partial charge in [-0.25, -0.2) is 9.59 Å². The summed E-state index contributed by atoms with van der Waals surface area (Å²) >= 11 is 0. The van der Waals surface area contributed by atoms with E-state index in [2.05, 4.69) is 0 Å². The molecule has 0 fully saturated rings. The van der Waals surface area contributed by atoms with Gasteiger partial charge in [-0.2, -0.15) is 0 Å². The molecule has 0 aromatic heterocycles. The fourth-order valence-electron chi connectivity index (χ4n) is 1.44. The zero-order valence-electron chi connectivity index (χ0n) is 10.00. The highest BCUT2D eigenvalue weighted by molar-refractivity contribution is 6.02. The molecular weight excluding hydrogens is 244 g/mol. The maximum atomic E-state index is 11.7. The van der Waals surface area contributed by atoms with Crippen molar-refractivity contribution in [2.24, 2.45) is 0 Å². The molecule has 4 N–H and O–H groups in total. The molecule has 0 spiro atoms. The van der Waals surface area contributed by atoms with E-state index in [1.807, 2.05) is 0 Å². The molecule has 0 saturated heterocycles. The van der Waals surface area contributed by atoms with Crippen LogP contribution >= 0.6 is 0 Å². The summed E-state index contributed by atoms with van der Waals surface area (Å²) in [6.45, 7) is 0. The number of anilines is 2. The lowest BCUT2D eigenvalue weighted by atomic mass is 10.2. The average Bonchev–Trinajstić information content (AvgIpc) is 2.40. The van der Waals surface area contributed by atoms with E-state index in [1.165, 1.54) is 24.3 Å². The number of carbonyl (C=O) groups excluding carboxylic acids is 2. The summed E-state index contributed by atoms with van der Waals surface area (Å²) in [7, 11) is 0. The summed E-state index contributed by atoms with van der Waals surface area (Å²) < 4.78 is 4.74. The average molecular weight is 256 g/mol. The van der Waals surface area contributed by atoms with E-state index in [1.54, 1.807) is 24.3 Å². The number of ether oxygens (including phenoxy) is 1. The van der Waals surface area contributed by atoms with E-state index < -0.39 is 11.9 Å². The lowest BCUT2D eigenvalue weighted by Crippen LogP contribution is -2.12. The molecule has 96 valence electrons. The standard InChI is InChI=1S/C14H12N2O3/c15-11-5-1-9(2-6-11)13(17)19-14(18)10-3-7-12(16)8-4-10/h1-8H,15-16H2. The van der Waals surface area contributed by atoms with Crippen molar-refractivity contribution < 1.29 is 14.3 Å². The summed E-state index contributed by atoms with van der Waals surface area (Å²) in [5.41, 5.74) is 12.6. The molecule has 5 nitrogen and oxygen atoms in total. The highest BCUT2D eigenvalue weighted by atomic mass is 16.6. The third-order valence-electron chi connectivity index (χ3n) is 2.48. The second-order valence-corrected chi connectivity index (χ2v) is 3.92. The lowest BCUT2D eigenvalue weighted by Gasteiger charge is -2.03. The monoisotopic (exact) mass is 256 g/mol. The Morgan fingerprint density at radius 1 is 0.684 bits per heavy atom. The van der Waals surface area contributed by atoms with Crippen LogP contribution in [0.5, 0.6) is 0 Å². The molecule has 0 aliphatic rings. The van der Waals surface area contributed by atoms with Gasteiger partial charge in [0.2, 0.25) is 0 Å². The third kappa shape index (κ3) is 3.10. The molecule has 2 aromatic rings. The Balaban J connectivity index is 2.08. The summed E-state index contributed by atoms with van der Waals surface area (Å²) in [6.07, 6.45) is 0. The predicted octanol–water partition coefficient (Wildman–Crippen LogP) is 1.85. The minimum atomic E-state index is -0.721. The van der Waals surface area contributed by atoms with Gasteiger partial charge >= 0.3 is 11.9 Å². The predicted molar refractivity (Wildman–Crippen MR) is 71.5 cm³/mol. The van der Waals surface area contributed by atoms with Crippen LogP contribution in [0.4, 0.5) is 11.4 Å². The lowest BCUT2D eigenvalue weighted by molar-refractivity contribution is 0.0398. The van der Waals surface area contributed by atoms with Gasteiger partial charge in [0, 0.05) is 11.4 Å². The second-order valence-electron chi connectivity index (χ2n) is 3.92. The van der Waals surface area contributed by atoms with Crippen LogP contribution in [0.3, 0.4) is 0 Å². The van der Waals surface area contributed by atoms with Crippen LogP contribution in [-0.2, 0) is 4.74 Å². The van der Waals surface area contributed by atoms with E-state index in [-0.39, 0.29) is 11.1 Å². The minimum absolute atomic E-state index is 0.262. The van der Waals surface area contributed by atoms with Gasteiger partial charge in [-0.3, -0.25) is 0 Å². The topological polar surface area (TPSA) is 95.4 Å². The first-order chi connectivity index (χ1) is 9.06. The van der Waals surface area contributed by atoms with Crippen molar-refractivity contribution in [3.8, 4) is 0 Å². The Hall–Kier alpha value is -2.82. The van der Waals surface area contributed by atoms with Crippen LogP contribution in [0.25, 0.3) is 0 Å². The van der Waals surface area contributed by atoms with Crippen molar-refractivity contribution in [2.75, 3.05) is 11.5 Å². The molecule has 2 rings (SSSR count). The number of hydrogen-bond acceptors (Lipinski definition) is 5. The molecule has 0 radical (unpaired) electrons. The summed E-state index contributed by atoms with van der Waals surface area (Å²) in [6, 6.07) is 12.2. The number of nitrogen functional groups attached to an aromatic ring is 2. The van der Waals surface area contributed by atoms with Gasteiger partial charge in [0.1, 0.15) is 0 Å². The fourth-order valence-corrected chi connectivity index (χ4v) is 1.44. The second kappa shape index (κ2) is 5.22. The molecular formula is C14H12N2O3. The van der Waals surface area contributed by atoms with E-state index in [9.17, 15) is 9.59 Å². The van der Waals surface area contributed by atoms with Gasteiger partial charge in [0.05, 0.1) is 11.1 Å². The van der Waals surface area contributed by atoms with Crippen LogP contribution in [-0.4, -0.2) is 11.9 Å². The largest absolute Gasteiger partial charge is 0.399 e. The number of esters is 2. The Morgan fingerprint density at radius 3 is 1.32 bits per heavy atom. The van der Waals surface area contributed by atoms with E-state index >= 15 is 0 Å². The molecule has 0 amide bonds. The maximum absolute atomic E-state index is 11.7. The van der Waals surface area contributed by atoms with E-state index in [4.69, 9.17) is 16.2 Å². The van der Waals surface area contributed by atoms with Crippen molar-refractivity contribution in [3.05, 3.63) is 59.7 Å². The van der Waals surface area contributed by atoms with Crippen LogP contribution in [0.1, 0.15) is 20.7 Å². The number of benzene rings is 2. The molecule has 0 aliphatic carbocycles. The van der Waals surface area contributed by atoms with Crippen LogP contribution < -0.4 is 11.5 Å². The first kappa shape index (κ1) is 12.6. The summed E-state index contributed by atoms with van der Waals surface area (Å²) in [5, 5.41) is 0. The van der Waals surface area contributed by atoms with E-state index in [0.29, 0.717) is 11.4 Å². The number of carbonyl (C=O) groups is 2.